The fraction of sp³-hybridized carbons (Fsp3) is 0.400. The zero-order valence-corrected chi connectivity index (χ0v) is 24.8. The molecule has 0 saturated carbocycles. The highest BCUT2D eigenvalue weighted by molar-refractivity contribution is 9.10. The van der Waals surface area contributed by atoms with Crippen LogP contribution in [0.1, 0.15) is 38.7 Å². The second-order valence-corrected chi connectivity index (χ2v) is 10.6. The Morgan fingerprint density at radius 2 is 2.00 bits per heavy atom. The molecule has 0 aliphatic carbocycles. The van der Waals surface area contributed by atoms with Crippen LogP contribution in [0.2, 0.25) is 0 Å². The van der Waals surface area contributed by atoms with Crippen molar-refractivity contribution in [2.45, 2.75) is 26.9 Å². The molecule has 0 unspecified atom stereocenters. The molecule has 4 heterocycles. The average Bonchev–Trinajstić information content (AvgIpc) is 3.64. The zero-order valence-electron chi connectivity index (χ0n) is 23.2. The van der Waals surface area contributed by atoms with E-state index in [0.29, 0.717) is 18.8 Å². The lowest BCUT2D eigenvalue weighted by atomic mass is 10.1. The standard InChI is InChI=1S/C25H31BrN12O3/c1-15-21(26)16(2)37(31-15)13-18-11-17(5-6-20(18)40-4)12-28-30-25(39)22-19(14-36-9-7-35(3)8-10-36)38(34-29-22)24-23(27)32-41-33-24/h5-6,11-12H,7-10,13-14H2,1-4H3,(H2,27,32)(H,30,39)/b28-12+. The Balaban J connectivity index is 1.34. The van der Waals surface area contributed by atoms with Gasteiger partial charge in [-0.3, -0.25) is 14.4 Å². The number of hydrogen-bond acceptors (Lipinski definition) is 12. The number of ether oxygens (including phenoxy) is 1. The fourth-order valence-corrected chi connectivity index (χ4v) is 4.84. The summed E-state index contributed by atoms with van der Waals surface area (Å²) in [5, 5.41) is 24.5. The Morgan fingerprint density at radius 1 is 1.22 bits per heavy atom. The molecular weight excluding hydrogens is 596 g/mol. The number of rotatable bonds is 9. The van der Waals surface area contributed by atoms with Gasteiger partial charge in [-0.2, -0.15) is 14.9 Å². The molecule has 1 aromatic carbocycles. The zero-order chi connectivity index (χ0) is 29.1. The van der Waals surface area contributed by atoms with Gasteiger partial charge in [-0.05, 0) is 70.9 Å². The molecule has 1 fully saturated rings. The molecule has 16 heteroatoms. The van der Waals surface area contributed by atoms with E-state index in [9.17, 15) is 4.79 Å². The number of nitrogens with zero attached hydrogens (tertiary/aromatic N) is 10. The van der Waals surface area contributed by atoms with Crippen molar-refractivity contribution in [3.63, 3.8) is 0 Å². The molecule has 3 aromatic heterocycles. The average molecular weight is 628 g/mol. The minimum absolute atomic E-state index is 0.0441. The maximum atomic E-state index is 13.2. The molecule has 0 atom stereocenters. The first-order chi connectivity index (χ1) is 19.7. The topological polar surface area (TPSA) is 171 Å². The SMILES string of the molecule is COc1ccc(/C=N/NC(=O)c2nnn(-c3nonc3N)c2CN2CCN(C)CC2)cc1Cn1nc(C)c(Br)c1C. The van der Waals surface area contributed by atoms with Crippen LogP contribution in [0.4, 0.5) is 5.82 Å². The Morgan fingerprint density at radius 3 is 2.66 bits per heavy atom. The van der Waals surface area contributed by atoms with E-state index < -0.39 is 5.91 Å². The largest absolute Gasteiger partial charge is 0.496 e. The summed E-state index contributed by atoms with van der Waals surface area (Å²) in [4.78, 5) is 17.7. The molecule has 1 aliphatic rings. The quantitative estimate of drug-likeness (QED) is 0.203. The predicted molar refractivity (Wildman–Crippen MR) is 153 cm³/mol. The van der Waals surface area contributed by atoms with Gasteiger partial charge in [0.05, 0.1) is 41.4 Å². The fourth-order valence-electron chi connectivity index (χ4n) is 4.56. The lowest BCUT2D eigenvalue weighted by Crippen LogP contribution is -2.44. The number of piperazine rings is 1. The van der Waals surface area contributed by atoms with Gasteiger partial charge < -0.3 is 15.4 Å². The number of amides is 1. The van der Waals surface area contributed by atoms with Crippen LogP contribution in [-0.2, 0) is 13.1 Å². The van der Waals surface area contributed by atoms with Crippen LogP contribution in [0.25, 0.3) is 5.82 Å². The Kier molecular flexibility index (Phi) is 8.41. The van der Waals surface area contributed by atoms with Gasteiger partial charge >= 0.3 is 0 Å². The molecule has 1 saturated heterocycles. The number of likely N-dealkylation sites (N-methyl/N-ethyl adjacent to an activating group) is 1. The number of carbonyl (C=O) groups excluding carboxylic acids is 1. The first-order valence-electron chi connectivity index (χ1n) is 12.9. The van der Waals surface area contributed by atoms with Crippen LogP contribution in [0.15, 0.2) is 32.4 Å². The van der Waals surface area contributed by atoms with E-state index in [0.717, 1.165) is 58.9 Å². The molecule has 0 bridgehead atoms. The molecule has 41 heavy (non-hydrogen) atoms. The third-order valence-electron chi connectivity index (χ3n) is 6.94. The number of nitrogens with two attached hydrogens (primary N) is 1. The van der Waals surface area contributed by atoms with E-state index in [2.05, 4.69) is 69.0 Å². The van der Waals surface area contributed by atoms with Crippen molar-refractivity contribution in [3.05, 3.63) is 56.6 Å². The van der Waals surface area contributed by atoms with Crippen molar-refractivity contribution in [3.8, 4) is 11.6 Å². The van der Waals surface area contributed by atoms with E-state index in [1.807, 2.05) is 36.7 Å². The number of nitrogens with one attached hydrogen (secondary N) is 1. The van der Waals surface area contributed by atoms with Crippen LogP contribution in [0.5, 0.6) is 5.75 Å². The highest BCUT2D eigenvalue weighted by Gasteiger charge is 2.26. The second-order valence-electron chi connectivity index (χ2n) is 9.76. The number of hydrogen-bond donors (Lipinski definition) is 2. The first kappa shape index (κ1) is 28.4. The van der Waals surface area contributed by atoms with Crippen molar-refractivity contribution >= 4 is 33.9 Å². The van der Waals surface area contributed by atoms with Crippen molar-refractivity contribution < 1.29 is 14.2 Å². The molecule has 5 rings (SSSR count). The smallest absolute Gasteiger partial charge is 0.293 e. The highest BCUT2D eigenvalue weighted by atomic mass is 79.9. The first-order valence-corrected chi connectivity index (χ1v) is 13.7. The van der Waals surface area contributed by atoms with E-state index >= 15 is 0 Å². The Hall–Kier alpha value is -4.15. The maximum Gasteiger partial charge on any atom is 0.293 e. The van der Waals surface area contributed by atoms with E-state index in [1.54, 1.807) is 13.3 Å². The van der Waals surface area contributed by atoms with Gasteiger partial charge in [-0.25, -0.2) is 10.1 Å². The summed E-state index contributed by atoms with van der Waals surface area (Å²) in [6.45, 7) is 8.31. The number of benzene rings is 1. The Bertz CT molecular complexity index is 1570. The van der Waals surface area contributed by atoms with E-state index in [4.69, 9.17) is 15.1 Å². The molecule has 1 amide bonds. The van der Waals surface area contributed by atoms with Gasteiger partial charge in [-0.15, -0.1) is 5.10 Å². The molecular formula is C25H31BrN12O3. The summed E-state index contributed by atoms with van der Waals surface area (Å²) in [6.07, 6.45) is 1.56. The molecule has 216 valence electrons. The van der Waals surface area contributed by atoms with Gasteiger partial charge in [0.15, 0.2) is 5.69 Å². The summed E-state index contributed by atoms with van der Waals surface area (Å²) < 4.78 is 14.6. The Labute approximate surface area is 244 Å². The number of halogens is 1. The van der Waals surface area contributed by atoms with E-state index in [1.165, 1.54) is 4.68 Å². The lowest BCUT2D eigenvalue weighted by molar-refractivity contribution is 0.0946. The summed E-state index contributed by atoms with van der Waals surface area (Å²) in [5.74, 6) is 0.418. The van der Waals surface area contributed by atoms with Gasteiger partial charge in [0.25, 0.3) is 5.91 Å². The second kappa shape index (κ2) is 12.2. The summed E-state index contributed by atoms with van der Waals surface area (Å²) >= 11 is 3.57. The number of carbonyl (C=O) groups is 1. The van der Waals surface area contributed by atoms with Crippen LogP contribution in [-0.4, -0.2) is 97.3 Å². The molecule has 15 nitrogen and oxygen atoms in total. The van der Waals surface area contributed by atoms with Gasteiger partial charge in [0.2, 0.25) is 11.6 Å². The van der Waals surface area contributed by atoms with Gasteiger partial charge in [-0.1, -0.05) is 5.21 Å². The van der Waals surface area contributed by atoms with Gasteiger partial charge in [0, 0.05) is 38.3 Å². The molecule has 0 radical (unpaired) electrons. The number of hydrazone groups is 1. The predicted octanol–water partition coefficient (Wildman–Crippen LogP) is 1.38. The summed E-state index contributed by atoms with van der Waals surface area (Å²) in [7, 11) is 3.70. The molecule has 3 N–H and O–H groups in total. The molecule has 4 aromatic rings. The number of aryl methyl sites for hydroxylation is 1. The lowest BCUT2D eigenvalue weighted by Gasteiger charge is -2.32. The minimum Gasteiger partial charge on any atom is -0.496 e. The van der Waals surface area contributed by atoms with Crippen LogP contribution < -0.4 is 15.9 Å². The third kappa shape index (κ3) is 6.13. The number of anilines is 1. The van der Waals surface area contributed by atoms with Crippen molar-refractivity contribution in [1.82, 2.24) is 50.3 Å². The number of methoxy groups -OCH3 is 1. The van der Waals surface area contributed by atoms with Crippen molar-refractivity contribution in [2.75, 3.05) is 46.1 Å². The van der Waals surface area contributed by atoms with E-state index in [-0.39, 0.29) is 17.3 Å². The third-order valence-corrected chi connectivity index (χ3v) is 8.09. The highest BCUT2D eigenvalue weighted by Crippen LogP contribution is 2.25. The van der Waals surface area contributed by atoms with Crippen LogP contribution in [0, 0.1) is 13.8 Å². The molecule has 1 aliphatic heterocycles. The summed E-state index contributed by atoms with van der Waals surface area (Å²) in [5.41, 5.74) is 12.7. The minimum atomic E-state index is -0.520. The number of aromatic nitrogens is 7. The maximum absolute atomic E-state index is 13.2. The van der Waals surface area contributed by atoms with Gasteiger partial charge in [0.1, 0.15) is 5.75 Å². The summed E-state index contributed by atoms with van der Waals surface area (Å²) in [6, 6.07) is 5.65. The van der Waals surface area contributed by atoms with Crippen LogP contribution >= 0.6 is 15.9 Å². The monoisotopic (exact) mass is 626 g/mol. The normalized spacial score (nSPS) is 14.7. The van der Waals surface area contributed by atoms with Crippen molar-refractivity contribution in [2.24, 2.45) is 5.10 Å². The molecule has 0 spiro atoms. The van der Waals surface area contributed by atoms with Crippen molar-refractivity contribution in [1.29, 1.82) is 0 Å². The van der Waals surface area contributed by atoms with Crippen LogP contribution in [0.3, 0.4) is 0 Å². The number of nitrogen functional groups attached to an aromatic ring is 1.